The number of anilines is 1. The number of nitrogens with zero attached hydrogens (tertiary/aromatic N) is 5. The van der Waals surface area contributed by atoms with Crippen molar-refractivity contribution in [3.8, 4) is 0 Å². The number of unbranched alkanes of at least 4 members (excludes halogenated alkanes) is 1. The third kappa shape index (κ3) is 5.89. The van der Waals surface area contributed by atoms with E-state index < -0.39 is 9.84 Å². The summed E-state index contributed by atoms with van der Waals surface area (Å²) in [6, 6.07) is 6.83. The molecule has 2 heterocycles. The highest BCUT2D eigenvalue weighted by Crippen LogP contribution is 2.37. The molecule has 9 heteroatoms. The van der Waals surface area contributed by atoms with Crippen molar-refractivity contribution in [2.24, 2.45) is 0 Å². The van der Waals surface area contributed by atoms with Crippen LogP contribution in [-0.4, -0.2) is 86.7 Å². The van der Waals surface area contributed by atoms with Crippen molar-refractivity contribution in [1.82, 2.24) is 19.8 Å². The van der Waals surface area contributed by atoms with Crippen LogP contribution in [-0.2, 0) is 21.1 Å². The fourth-order valence-corrected chi connectivity index (χ4v) is 5.97. The van der Waals surface area contributed by atoms with Crippen LogP contribution in [0.1, 0.15) is 61.8 Å². The van der Waals surface area contributed by atoms with Gasteiger partial charge >= 0.3 is 0 Å². The average molecular weight is 514 g/mol. The Hall–Kier alpha value is -2.52. The van der Waals surface area contributed by atoms with Crippen molar-refractivity contribution in [2.45, 2.75) is 56.3 Å². The molecule has 1 amide bonds. The third-order valence-corrected chi connectivity index (χ3v) is 8.67. The van der Waals surface area contributed by atoms with E-state index in [-0.39, 0.29) is 16.7 Å². The van der Waals surface area contributed by atoms with Crippen LogP contribution in [0, 0.1) is 0 Å². The molecule has 8 nitrogen and oxygen atoms in total. The third-order valence-electron chi connectivity index (χ3n) is 7.54. The number of aromatic nitrogens is 2. The summed E-state index contributed by atoms with van der Waals surface area (Å²) in [5.41, 5.74) is 3.30. The number of carbonyl (C=O) groups excluding carboxylic acids is 1. The molecule has 0 spiro atoms. The van der Waals surface area contributed by atoms with Crippen LogP contribution in [0.25, 0.3) is 0 Å². The molecule has 0 saturated carbocycles. The fraction of sp³-hybridized carbons (Fsp3) is 0.593. The first kappa shape index (κ1) is 26.5. The highest BCUT2D eigenvalue weighted by Gasteiger charge is 2.32. The molecule has 1 aromatic carbocycles. The molecule has 196 valence electrons. The molecule has 1 saturated heterocycles. The predicted molar refractivity (Wildman–Crippen MR) is 142 cm³/mol. The molecule has 2 aromatic rings. The maximum absolute atomic E-state index is 13.8. The summed E-state index contributed by atoms with van der Waals surface area (Å²) in [6.07, 6.45) is 7.17. The number of sulfone groups is 1. The molecule has 1 aliphatic carbocycles. The molecular weight excluding hydrogens is 474 g/mol. The average Bonchev–Trinajstić information content (AvgIpc) is 3.26. The number of rotatable bonds is 9. The van der Waals surface area contributed by atoms with E-state index in [1.807, 2.05) is 4.90 Å². The lowest BCUT2D eigenvalue weighted by Gasteiger charge is -2.38. The van der Waals surface area contributed by atoms with Crippen molar-refractivity contribution in [1.29, 1.82) is 0 Å². The Morgan fingerprint density at radius 3 is 2.47 bits per heavy atom. The van der Waals surface area contributed by atoms with E-state index in [9.17, 15) is 13.2 Å². The van der Waals surface area contributed by atoms with E-state index in [0.717, 1.165) is 56.7 Å². The molecule has 0 N–H and O–H groups in total. The summed E-state index contributed by atoms with van der Waals surface area (Å²) in [7, 11) is -1.23. The van der Waals surface area contributed by atoms with Gasteiger partial charge in [0.05, 0.1) is 10.8 Å². The molecule has 2 atom stereocenters. The molecule has 1 aliphatic heterocycles. The van der Waals surface area contributed by atoms with Gasteiger partial charge in [0.1, 0.15) is 12.1 Å². The molecule has 36 heavy (non-hydrogen) atoms. The van der Waals surface area contributed by atoms with Crippen LogP contribution in [0.5, 0.6) is 0 Å². The minimum atomic E-state index is -3.28. The lowest BCUT2D eigenvalue weighted by atomic mass is 9.96. The number of likely N-dealkylation sites (N-methyl/N-ethyl adjacent to an activating group) is 1. The summed E-state index contributed by atoms with van der Waals surface area (Å²) in [4.78, 5) is 29.7. The first-order valence-corrected chi connectivity index (χ1v) is 14.9. The van der Waals surface area contributed by atoms with Crippen LogP contribution in [0.2, 0.25) is 0 Å². The number of amides is 1. The van der Waals surface area contributed by atoms with Gasteiger partial charge in [0.25, 0.3) is 0 Å². The van der Waals surface area contributed by atoms with Gasteiger partial charge in [-0.1, -0.05) is 32.4 Å². The zero-order chi connectivity index (χ0) is 25.9. The fourth-order valence-electron chi connectivity index (χ4n) is 5.34. The lowest BCUT2D eigenvalue weighted by Crippen LogP contribution is -2.51. The monoisotopic (exact) mass is 513 g/mol. The highest BCUT2D eigenvalue weighted by atomic mass is 32.2. The molecule has 2 aliphatic rings. The largest absolute Gasteiger partial charge is 0.353 e. The second-order valence-corrected chi connectivity index (χ2v) is 12.3. The Labute approximate surface area is 215 Å². The minimum absolute atomic E-state index is 0.103. The smallest absolute Gasteiger partial charge is 0.231 e. The van der Waals surface area contributed by atoms with Gasteiger partial charge in [-0.15, -0.1) is 0 Å². The summed E-state index contributed by atoms with van der Waals surface area (Å²) in [5, 5.41) is 0. The number of benzene rings is 1. The lowest BCUT2D eigenvalue weighted by molar-refractivity contribution is -0.133. The molecule has 2 unspecified atom stereocenters. The van der Waals surface area contributed by atoms with Gasteiger partial charge in [-0.3, -0.25) is 4.79 Å². The van der Waals surface area contributed by atoms with Crippen LogP contribution < -0.4 is 4.90 Å². The summed E-state index contributed by atoms with van der Waals surface area (Å²) >= 11 is 0. The van der Waals surface area contributed by atoms with E-state index in [1.54, 1.807) is 30.6 Å². The number of carbonyl (C=O) groups is 1. The number of hydrogen-bond acceptors (Lipinski definition) is 7. The normalized spacial score (nSPS) is 19.0. The van der Waals surface area contributed by atoms with Crippen molar-refractivity contribution in [2.75, 3.05) is 57.5 Å². The SMILES string of the molecule is CCCCN(C)CC(C(=O)N1CCN(c2ncnc3c2C(C)CC3)CC1)c1ccc(S(C)(=O)=O)cc1. The zero-order valence-corrected chi connectivity index (χ0v) is 22.8. The first-order valence-electron chi connectivity index (χ1n) is 13.0. The first-order chi connectivity index (χ1) is 17.2. The number of fused-ring (bicyclic) bond motifs is 1. The van der Waals surface area contributed by atoms with Gasteiger partial charge in [-0.25, -0.2) is 18.4 Å². The zero-order valence-electron chi connectivity index (χ0n) is 22.0. The predicted octanol–water partition coefficient (Wildman–Crippen LogP) is 3.09. The Morgan fingerprint density at radius 2 is 1.83 bits per heavy atom. The second kappa shape index (κ2) is 11.3. The quantitative estimate of drug-likeness (QED) is 0.509. The van der Waals surface area contributed by atoms with Gasteiger partial charge < -0.3 is 14.7 Å². The van der Waals surface area contributed by atoms with Crippen molar-refractivity contribution >= 4 is 21.6 Å². The molecule has 0 bridgehead atoms. The number of piperazine rings is 1. The minimum Gasteiger partial charge on any atom is -0.353 e. The summed E-state index contributed by atoms with van der Waals surface area (Å²) in [6.45, 7) is 8.70. The Kier molecular flexibility index (Phi) is 8.30. The van der Waals surface area contributed by atoms with Gasteiger partial charge in [0.2, 0.25) is 5.91 Å². The van der Waals surface area contributed by atoms with Crippen LogP contribution in [0.3, 0.4) is 0 Å². The topological polar surface area (TPSA) is 86.7 Å². The van der Waals surface area contributed by atoms with Crippen LogP contribution >= 0.6 is 0 Å². The molecule has 1 aromatic heterocycles. The summed E-state index contributed by atoms with van der Waals surface area (Å²) in [5.74, 6) is 1.26. The standard InChI is InChI=1S/C27H39N5O3S/c1-5-6-13-30(3)18-23(21-8-10-22(11-9-21)36(4,34)35)27(33)32-16-14-31(15-17-32)26-25-20(2)7-12-24(25)28-19-29-26/h8-11,19-20,23H,5-7,12-18H2,1-4H3. The Bertz CT molecular complexity index is 1160. The summed E-state index contributed by atoms with van der Waals surface area (Å²) < 4.78 is 23.9. The Balaban J connectivity index is 1.49. The van der Waals surface area contributed by atoms with Gasteiger partial charge in [-0.05, 0) is 56.5 Å². The Morgan fingerprint density at radius 1 is 1.14 bits per heavy atom. The number of hydrogen-bond donors (Lipinski definition) is 0. The second-order valence-electron chi connectivity index (χ2n) is 10.3. The highest BCUT2D eigenvalue weighted by molar-refractivity contribution is 7.90. The molecular formula is C27H39N5O3S. The maximum atomic E-state index is 13.8. The van der Waals surface area contributed by atoms with E-state index in [4.69, 9.17) is 0 Å². The van der Waals surface area contributed by atoms with Crippen molar-refractivity contribution < 1.29 is 13.2 Å². The van der Waals surface area contributed by atoms with Crippen molar-refractivity contribution in [3.63, 3.8) is 0 Å². The molecule has 1 fully saturated rings. The van der Waals surface area contributed by atoms with Crippen LogP contribution in [0.15, 0.2) is 35.5 Å². The molecule has 4 rings (SSSR count). The number of aryl methyl sites for hydroxylation is 1. The van der Waals surface area contributed by atoms with Gasteiger partial charge in [0, 0.05) is 50.2 Å². The van der Waals surface area contributed by atoms with E-state index in [2.05, 4.69) is 40.7 Å². The van der Waals surface area contributed by atoms with E-state index >= 15 is 0 Å². The van der Waals surface area contributed by atoms with Crippen molar-refractivity contribution in [3.05, 3.63) is 47.4 Å². The maximum Gasteiger partial charge on any atom is 0.231 e. The van der Waals surface area contributed by atoms with Gasteiger partial charge in [-0.2, -0.15) is 0 Å². The van der Waals surface area contributed by atoms with E-state index in [0.29, 0.717) is 25.6 Å². The van der Waals surface area contributed by atoms with Gasteiger partial charge in [0.15, 0.2) is 9.84 Å². The molecule has 0 radical (unpaired) electrons. The van der Waals surface area contributed by atoms with Crippen LogP contribution in [0.4, 0.5) is 5.82 Å². The van der Waals surface area contributed by atoms with E-state index in [1.165, 1.54) is 17.5 Å².